The number of pyridine rings is 1. The first-order valence-corrected chi connectivity index (χ1v) is 4.09. The number of hydrogen-bond acceptors (Lipinski definition) is 2. The van der Waals surface area contributed by atoms with Crippen LogP contribution >= 0.6 is 0 Å². The second kappa shape index (κ2) is 3.86. The number of alkyl halides is 3. The van der Waals surface area contributed by atoms with E-state index in [4.69, 9.17) is 4.74 Å². The third kappa shape index (κ3) is 2.90. The van der Waals surface area contributed by atoms with Crippen molar-refractivity contribution in [3.8, 4) is 5.88 Å². The fraction of sp³-hybridized carbons (Fsp3) is 0.444. The zero-order valence-corrected chi connectivity index (χ0v) is 7.80. The topological polar surface area (TPSA) is 22.1 Å². The summed E-state index contributed by atoms with van der Waals surface area (Å²) in [6.45, 7) is 3.45. The standard InChI is InChI=1S/C9H10F3NO/c1-6(2)14-8-5-7(3-4-13-8)9(10,11)12/h3-6H,1-2H3. The fourth-order valence-electron chi connectivity index (χ4n) is 0.892. The molecule has 2 nitrogen and oxygen atoms in total. The molecule has 1 aromatic heterocycles. The Bertz CT molecular complexity index is 309. The van der Waals surface area contributed by atoms with Crippen LogP contribution in [0.5, 0.6) is 5.88 Å². The summed E-state index contributed by atoms with van der Waals surface area (Å²) in [7, 11) is 0. The molecule has 0 aliphatic rings. The molecule has 0 saturated heterocycles. The van der Waals surface area contributed by atoms with Gasteiger partial charge in [0.05, 0.1) is 11.7 Å². The molecule has 0 bridgehead atoms. The normalized spacial score (nSPS) is 11.9. The van der Waals surface area contributed by atoms with Crippen molar-refractivity contribution in [1.82, 2.24) is 4.98 Å². The summed E-state index contributed by atoms with van der Waals surface area (Å²) in [5.41, 5.74) is -0.747. The number of ether oxygens (including phenoxy) is 1. The van der Waals surface area contributed by atoms with E-state index in [0.29, 0.717) is 0 Å². The maximum atomic E-state index is 12.2. The minimum atomic E-state index is -4.35. The maximum Gasteiger partial charge on any atom is 0.416 e. The minimum absolute atomic E-state index is 0.00479. The summed E-state index contributed by atoms with van der Waals surface area (Å²) < 4.78 is 41.7. The number of nitrogens with zero attached hydrogens (tertiary/aromatic N) is 1. The molecule has 0 aliphatic heterocycles. The summed E-state index contributed by atoms with van der Waals surface area (Å²) in [5, 5.41) is 0. The number of aromatic nitrogens is 1. The van der Waals surface area contributed by atoms with E-state index in [9.17, 15) is 13.2 Å². The Balaban J connectivity index is 2.90. The highest BCUT2D eigenvalue weighted by Gasteiger charge is 2.30. The van der Waals surface area contributed by atoms with Crippen LogP contribution in [-0.2, 0) is 6.18 Å². The molecule has 0 N–H and O–H groups in total. The molecule has 78 valence electrons. The van der Waals surface area contributed by atoms with Gasteiger partial charge in [0.15, 0.2) is 0 Å². The van der Waals surface area contributed by atoms with Crippen LogP contribution in [0.25, 0.3) is 0 Å². The van der Waals surface area contributed by atoms with Crippen molar-refractivity contribution >= 4 is 0 Å². The Morgan fingerprint density at radius 1 is 1.36 bits per heavy atom. The van der Waals surface area contributed by atoms with E-state index in [1.165, 1.54) is 0 Å². The van der Waals surface area contributed by atoms with Gasteiger partial charge in [0.2, 0.25) is 5.88 Å². The van der Waals surface area contributed by atoms with Gasteiger partial charge in [0, 0.05) is 12.3 Å². The van der Waals surface area contributed by atoms with E-state index >= 15 is 0 Å². The molecule has 1 rings (SSSR count). The lowest BCUT2D eigenvalue weighted by molar-refractivity contribution is -0.137. The van der Waals surface area contributed by atoms with Crippen LogP contribution in [0, 0.1) is 0 Å². The van der Waals surface area contributed by atoms with E-state index in [0.717, 1.165) is 18.3 Å². The van der Waals surface area contributed by atoms with Crippen LogP contribution in [-0.4, -0.2) is 11.1 Å². The van der Waals surface area contributed by atoms with Crippen LogP contribution in [0.3, 0.4) is 0 Å². The Morgan fingerprint density at radius 2 is 2.00 bits per heavy atom. The molecule has 1 aromatic rings. The summed E-state index contributed by atoms with van der Waals surface area (Å²) in [6, 6.07) is 1.80. The molecule has 0 fully saturated rings. The van der Waals surface area contributed by atoms with Crippen LogP contribution < -0.4 is 4.74 Å². The molecule has 0 unspecified atom stereocenters. The third-order valence-corrected chi connectivity index (χ3v) is 1.42. The molecule has 0 amide bonds. The molecule has 0 atom stereocenters. The fourth-order valence-corrected chi connectivity index (χ4v) is 0.892. The van der Waals surface area contributed by atoms with E-state index < -0.39 is 11.7 Å². The summed E-state index contributed by atoms with van der Waals surface area (Å²) in [5.74, 6) is -0.00479. The molecule has 0 saturated carbocycles. The van der Waals surface area contributed by atoms with Crippen molar-refractivity contribution < 1.29 is 17.9 Å². The largest absolute Gasteiger partial charge is 0.475 e. The highest BCUT2D eigenvalue weighted by atomic mass is 19.4. The van der Waals surface area contributed by atoms with Gasteiger partial charge >= 0.3 is 6.18 Å². The van der Waals surface area contributed by atoms with Gasteiger partial charge in [-0.2, -0.15) is 13.2 Å². The van der Waals surface area contributed by atoms with Gasteiger partial charge in [0.1, 0.15) is 0 Å². The third-order valence-electron chi connectivity index (χ3n) is 1.42. The molecule has 5 heteroatoms. The van der Waals surface area contributed by atoms with Crippen molar-refractivity contribution in [2.45, 2.75) is 26.1 Å². The van der Waals surface area contributed by atoms with E-state index in [1.54, 1.807) is 13.8 Å². The van der Waals surface area contributed by atoms with Gasteiger partial charge in [-0.1, -0.05) is 0 Å². The number of halogens is 3. The highest BCUT2D eigenvalue weighted by Crippen LogP contribution is 2.30. The molecule has 0 aliphatic carbocycles. The predicted octanol–water partition coefficient (Wildman–Crippen LogP) is 2.89. The molecule has 0 spiro atoms. The van der Waals surface area contributed by atoms with Gasteiger partial charge < -0.3 is 4.74 Å². The van der Waals surface area contributed by atoms with Gasteiger partial charge in [-0.25, -0.2) is 4.98 Å². The number of rotatable bonds is 2. The van der Waals surface area contributed by atoms with Crippen LogP contribution in [0.1, 0.15) is 19.4 Å². The zero-order chi connectivity index (χ0) is 10.8. The summed E-state index contributed by atoms with van der Waals surface area (Å²) in [4.78, 5) is 3.67. The lowest BCUT2D eigenvalue weighted by Gasteiger charge is -2.10. The lowest BCUT2D eigenvalue weighted by atomic mass is 10.2. The molecular weight excluding hydrogens is 195 g/mol. The Kier molecular flexibility index (Phi) is 2.98. The Morgan fingerprint density at radius 3 is 2.50 bits per heavy atom. The molecular formula is C9H10F3NO. The van der Waals surface area contributed by atoms with Crippen molar-refractivity contribution in [1.29, 1.82) is 0 Å². The van der Waals surface area contributed by atoms with Crippen molar-refractivity contribution in [2.75, 3.05) is 0 Å². The molecule has 0 aromatic carbocycles. The quantitative estimate of drug-likeness (QED) is 0.740. The first kappa shape index (κ1) is 10.8. The molecule has 0 radical (unpaired) electrons. The average molecular weight is 205 g/mol. The smallest absolute Gasteiger partial charge is 0.416 e. The van der Waals surface area contributed by atoms with Gasteiger partial charge in [-0.3, -0.25) is 0 Å². The Labute approximate surface area is 79.7 Å². The monoisotopic (exact) mass is 205 g/mol. The first-order chi connectivity index (χ1) is 6.39. The average Bonchev–Trinajstić information content (AvgIpc) is 2.01. The van der Waals surface area contributed by atoms with Crippen LogP contribution in [0.2, 0.25) is 0 Å². The summed E-state index contributed by atoms with van der Waals surface area (Å²) >= 11 is 0. The van der Waals surface area contributed by atoms with Crippen molar-refractivity contribution in [3.63, 3.8) is 0 Å². The van der Waals surface area contributed by atoms with E-state index in [2.05, 4.69) is 4.98 Å². The van der Waals surface area contributed by atoms with E-state index in [-0.39, 0.29) is 12.0 Å². The van der Waals surface area contributed by atoms with Crippen LogP contribution in [0.15, 0.2) is 18.3 Å². The zero-order valence-electron chi connectivity index (χ0n) is 7.80. The van der Waals surface area contributed by atoms with Crippen molar-refractivity contribution in [2.24, 2.45) is 0 Å². The van der Waals surface area contributed by atoms with Gasteiger partial charge in [-0.05, 0) is 19.9 Å². The molecule has 14 heavy (non-hydrogen) atoms. The van der Waals surface area contributed by atoms with Crippen molar-refractivity contribution in [3.05, 3.63) is 23.9 Å². The second-order valence-corrected chi connectivity index (χ2v) is 3.05. The minimum Gasteiger partial charge on any atom is -0.475 e. The lowest BCUT2D eigenvalue weighted by Crippen LogP contribution is -2.09. The Hall–Kier alpha value is -1.26. The maximum absolute atomic E-state index is 12.2. The second-order valence-electron chi connectivity index (χ2n) is 3.05. The summed E-state index contributed by atoms with van der Waals surface area (Å²) in [6.07, 6.45) is -3.45. The number of hydrogen-bond donors (Lipinski definition) is 0. The van der Waals surface area contributed by atoms with E-state index in [1.807, 2.05) is 0 Å². The molecule has 1 heterocycles. The highest BCUT2D eigenvalue weighted by molar-refractivity contribution is 5.23. The predicted molar refractivity (Wildman–Crippen MR) is 45.0 cm³/mol. The first-order valence-electron chi connectivity index (χ1n) is 4.09. The van der Waals surface area contributed by atoms with Gasteiger partial charge in [0.25, 0.3) is 0 Å². The van der Waals surface area contributed by atoms with Crippen LogP contribution in [0.4, 0.5) is 13.2 Å². The van der Waals surface area contributed by atoms with Gasteiger partial charge in [-0.15, -0.1) is 0 Å². The SMILES string of the molecule is CC(C)Oc1cc(C(F)(F)F)ccn1.